The Morgan fingerprint density at radius 2 is 2.14 bits per heavy atom. The van der Waals surface area contributed by atoms with Crippen LogP contribution >= 0.6 is 0 Å². The molecule has 0 aromatic rings. The van der Waals surface area contributed by atoms with Gasteiger partial charge in [0.2, 0.25) is 0 Å². The Bertz CT molecular complexity index is 66.6. The van der Waals surface area contributed by atoms with Gasteiger partial charge in [-0.2, -0.15) is 0 Å². The molecule has 0 bridgehead atoms. The standard InChI is InChI=1S/C6H11N/c1-4-6(3)7-5-2/h4-7H,1-2H2,3H3. The summed E-state index contributed by atoms with van der Waals surface area (Å²) in [6.07, 6.45) is 3.48. The molecule has 1 heteroatoms. The first-order valence-corrected chi connectivity index (χ1v) is 2.30. The van der Waals surface area contributed by atoms with Gasteiger partial charge in [-0.05, 0) is 13.1 Å². The molecule has 0 fully saturated rings. The van der Waals surface area contributed by atoms with Crippen molar-refractivity contribution in [1.82, 2.24) is 5.32 Å². The molecule has 0 amide bonds. The van der Waals surface area contributed by atoms with Crippen LogP contribution in [0.4, 0.5) is 0 Å². The molecule has 0 radical (unpaired) electrons. The van der Waals surface area contributed by atoms with Crippen molar-refractivity contribution in [2.24, 2.45) is 0 Å². The molecule has 0 aliphatic rings. The van der Waals surface area contributed by atoms with Crippen molar-refractivity contribution < 1.29 is 0 Å². The van der Waals surface area contributed by atoms with Crippen LogP contribution < -0.4 is 5.32 Å². The van der Waals surface area contributed by atoms with Gasteiger partial charge >= 0.3 is 0 Å². The highest BCUT2D eigenvalue weighted by molar-refractivity contribution is 4.84. The number of nitrogens with one attached hydrogen (secondary N) is 1. The van der Waals surface area contributed by atoms with Crippen LogP contribution in [-0.4, -0.2) is 6.04 Å². The van der Waals surface area contributed by atoms with Crippen LogP contribution in [0.5, 0.6) is 0 Å². The molecular weight excluding hydrogens is 86.1 g/mol. The van der Waals surface area contributed by atoms with Crippen LogP contribution in [0.25, 0.3) is 0 Å². The average Bonchev–Trinajstić information content (AvgIpc) is 1.68. The molecule has 0 aromatic heterocycles. The Morgan fingerprint density at radius 1 is 1.57 bits per heavy atom. The van der Waals surface area contributed by atoms with Crippen LogP contribution in [0, 0.1) is 0 Å². The highest BCUT2D eigenvalue weighted by Crippen LogP contribution is 1.77. The van der Waals surface area contributed by atoms with Gasteiger partial charge in [0, 0.05) is 6.04 Å². The third kappa shape index (κ3) is 3.10. The Kier molecular flexibility index (Phi) is 3.11. The second kappa shape index (κ2) is 3.47. The van der Waals surface area contributed by atoms with Crippen LogP contribution in [0.1, 0.15) is 6.92 Å². The zero-order valence-electron chi connectivity index (χ0n) is 4.65. The molecule has 0 aliphatic carbocycles. The van der Waals surface area contributed by atoms with E-state index in [0.29, 0.717) is 6.04 Å². The lowest BCUT2D eigenvalue weighted by molar-refractivity contribution is 0.773. The van der Waals surface area contributed by atoms with E-state index in [0.717, 1.165) is 0 Å². The van der Waals surface area contributed by atoms with Crippen molar-refractivity contribution in [2.45, 2.75) is 13.0 Å². The lowest BCUT2D eigenvalue weighted by Gasteiger charge is -2.01. The van der Waals surface area contributed by atoms with E-state index >= 15 is 0 Å². The minimum atomic E-state index is 0.345. The van der Waals surface area contributed by atoms with E-state index in [1.54, 1.807) is 6.20 Å². The minimum Gasteiger partial charge on any atom is -0.385 e. The van der Waals surface area contributed by atoms with E-state index in [1.807, 2.05) is 13.0 Å². The summed E-state index contributed by atoms with van der Waals surface area (Å²) in [5.74, 6) is 0. The molecule has 40 valence electrons. The van der Waals surface area contributed by atoms with Gasteiger partial charge in [-0.3, -0.25) is 0 Å². The fraction of sp³-hybridized carbons (Fsp3) is 0.333. The van der Waals surface area contributed by atoms with Crippen LogP contribution in [0.15, 0.2) is 25.4 Å². The lowest BCUT2D eigenvalue weighted by atomic mass is 10.3. The average molecular weight is 97.2 g/mol. The Morgan fingerprint density at radius 3 is 2.29 bits per heavy atom. The van der Waals surface area contributed by atoms with Crippen molar-refractivity contribution in [3.63, 3.8) is 0 Å². The maximum absolute atomic E-state index is 3.57. The Balaban J connectivity index is 3.15. The largest absolute Gasteiger partial charge is 0.385 e. The van der Waals surface area contributed by atoms with Crippen LogP contribution in [-0.2, 0) is 0 Å². The minimum absolute atomic E-state index is 0.345. The molecule has 0 aromatic carbocycles. The molecule has 1 atom stereocenters. The fourth-order valence-corrected chi connectivity index (χ4v) is 0.254. The quantitative estimate of drug-likeness (QED) is 0.523. The van der Waals surface area contributed by atoms with Gasteiger partial charge in [0.15, 0.2) is 0 Å². The van der Waals surface area contributed by atoms with E-state index < -0.39 is 0 Å². The molecular formula is C6H11N. The molecule has 1 unspecified atom stereocenters. The predicted octanol–water partition coefficient (Wildman–Crippen LogP) is 1.29. The molecule has 1 nitrogen and oxygen atoms in total. The van der Waals surface area contributed by atoms with Gasteiger partial charge in [-0.1, -0.05) is 12.7 Å². The lowest BCUT2D eigenvalue weighted by Crippen LogP contribution is -2.15. The van der Waals surface area contributed by atoms with Crippen molar-refractivity contribution in [1.29, 1.82) is 0 Å². The van der Waals surface area contributed by atoms with Gasteiger partial charge in [0.05, 0.1) is 0 Å². The van der Waals surface area contributed by atoms with E-state index in [2.05, 4.69) is 18.5 Å². The molecule has 0 rings (SSSR count). The smallest absolute Gasteiger partial charge is 0.0407 e. The first-order chi connectivity index (χ1) is 3.31. The summed E-state index contributed by atoms with van der Waals surface area (Å²) in [5, 5.41) is 2.94. The molecule has 1 N–H and O–H groups in total. The van der Waals surface area contributed by atoms with Gasteiger partial charge in [-0.15, -0.1) is 6.58 Å². The van der Waals surface area contributed by atoms with E-state index in [9.17, 15) is 0 Å². The maximum Gasteiger partial charge on any atom is 0.0407 e. The zero-order chi connectivity index (χ0) is 5.70. The van der Waals surface area contributed by atoms with Crippen LogP contribution in [0.2, 0.25) is 0 Å². The second-order valence-corrected chi connectivity index (χ2v) is 1.40. The number of rotatable bonds is 3. The third-order valence-electron chi connectivity index (χ3n) is 0.734. The SMILES string of the molecule is C=CNC(C)C=C. The van der Waals surface area contributed by atoms with E-state index in [1.165, 1.54) is 0 Å². The fourth-order valence-electron chi connectivity index (χ4n) is 0.254. The Labute approximate surface area is 44.7 Å². The topological polar surface area (TPSA) is 12.0 Å². The summed E-state index contributed by atoms with van der Waals surface area (Å²) < 4.78 is 0. The molecule has 0 saturated carbocycles. The first-order valence-electron chi connectivity index (χ1n) is 2.30. The summed E-state index contributed by atoms with van der Waals surface area (Å²) in [7, 11) is 0. The molecule has 0 spiro atoms. The van der Waals surface area contributed by atoms with Gasteiger partial charge in [0.25, 0.3) is 0 Å². The van der Waals surface area contributed by atoms with E-state index in [4.69, 9.17) is 0 Å². The monoisotopic (exact) mass is 97.1 g/mol. The van der Waals surface area contributed by atoms with E-state index in [-0.39, 0.29) is 0 Å². The maximum atomic E-state index is 3.57. The van der Waals surface area contributed by atoms with Crippen molar-refractivity contribution in [2.75, 3.05) is 0 Å². The summed E-state index contributed by atoms with van der Waals surface area (Å²) in [4.78, 5) is 0. The highest BCUT2D eigenvalue weighted by Gasteiger charge is 1.83. The van der Waals surface area contributed by atoms with Gasteiger partial charge < -0.3 is 5.32 Å². The Hall–Kier alpha value is -0.720. The summed E-state index contributed by atoms with van der Waals surface area (Å²) in [5.41, 5.74) is 0. The third-order valence-corrected chi connectivity index (χ3v) is 0.734. The van der Waals surface area contributed by atoms with Gasteiger partial charge in [-0.25, -0.2) is 0 Å². The molecule has 0 aliphatic heterocycles. The first kappa shape index (κ1) is 6.28. The molecule has 0 heterocycles. The molecule has 0 saturated heterocycles. The molecule has 7 heavy (non-hydrogen) atoms. The zero-order valence-corrected chi connectivity index (χ0v) is 4.65. The van der Waals surface area contributed by atoms with Crippen molar-refractivity contribution in [3.05, 3.63) is 25.4 Å². The van der Waals surface area contributed by atoms with Crippen molar-refractivity contribution >= 4 is 0 Å². The number of hydrogen-bond donors (Lipinski definition) is 1. The summed E-state index contributed by atoms with van der Waals surface area (Å²) in [6.45, 7) is 9.07. The van der Waals surface area contributed by atoms with Gasteiger partial charge in [0.1, 0.15) is 0 Å². The highest BCUT2D eigenvalue weighted by atomic mass is 14.9. The number of hydrogen-bond acceptors (Lipinski definition) is 1. The predicted molar refractivity (Wildman–Crippen MR) is 33.0 cm³/mol. The van der Waals surface area contributed by atoms with Crippen LogP contribution in [0.3, 0.4) is 0 Å². The van der Waals surface area contributed by atoms with Crippen molar-refractivity contribution in [3.8, 4) is 0 Å². The summed E-state index contributed by atoms with van der Waals surface area (Å²) >= 11 is 0. The summed E-state index contributed by atoms with van der Waals surface area (Å²) in [6, 6.07) is 0.345. The second-order valence-electron chi connectivity index (χ2n) is 1.40. The normalized spacial score (nSPS) is 12.1.